The highest BCUT2D eigenvalue weighted by Crippen LogP contribution is 2.28. The molecule has 0 saturated carbocycles. The summed E-state index contributed by atoms with van der Waals surface area (Å²) in [6.45, 7) is 1.92. The first-order chi connectivity index (χ1) is 8.04. The number of hydrogen-bond acceptors (Lipinski definition) is 2. The molecule has 2 aromatic rings. The summed E-state index contributed by atoms with van der Waals surface area (Å²) in [7, 11) is 1.75. The Bertz CT molecular complexity index is 561. The van der Waals surface area contributed by atoms with E-state index in [-0.39, 0.29) is 5.56 Å². The monoisotopic (exact) mass is 237 g/mol. The van der Waals surface area contributed by atoms with Crippen molar-refractivity contribution in [1.82, 2.24) is 9.55 Å². The Kier molecular flexibility index (Phi) is 2.83. The van der Waals surface area contributed by atoms with E-state index >= 15 is 0 Å². The number of nitrogens with two attached hydrogens (primary N) is 1. The van der Waals surface area contributed by atoms with Crippen LogP contribution in [0.15, 0.2) is 18.2 Å². The lowest BCUT2D eigenvalue weighted by Crippen LogP contribution is -2.00. The molecule has 1 aromatic carbocycles. The molecule has 1 heterocycles. The molecule has 0 fully saturated rings. The largest absolute Gasteiger partial charge is 0.383 e. The first-order valence-electron chi connectivity index (χ1n) is 5.31. The summed E-state index contributed by atoms with van der Waals surface area (Å²) >= 11 is 0. The normalized spacial score (nSPS) is 10.8. The minimum Gasteiger partial charge on any atom is -0.383 e. The Labute approximate surface area is 97.9 Å². The SMILES string of the molecule is CCc1nc(-c2cc(F)ccc2F)c(N)n1C. The zero-order chi connectivity index (χ0) is 12.6. The topological polar surface area (TPSA) is 43.8 Å². The second kappa shape index (κ2) is 4.16. The maximum Gasteiger partial charge on any atom is 0.132 e. The first kappa shape index (κ1) is 11.6. The number of benzene rings is 1. The van der Waals surface area contributed by atoms with Gasteiger partial charge in [-0.3, -0.25) is 0 Å². The standard InChI is InChI=1S/C12H13F2N3/c1-3-10-16-11(12(15)17(10)2)8-6-7(13)4-5-9(8)14/h4-6H,3,15H2,1-2H3. The number of imidazole rings is 1. The van der Waals surface area contributed by atoms with Crippen LogP contribution in [0.1, 0.15) is 12.7 Å². The molecule has 0 radical (unpaired) electrons. The van der Waals surface area contributed by atoms with Crippen molar-refractivity contribution in [3.05, 3.63) is 35.7 Å². The van der Waals surface area contributed by atoms with Crippen LogP contribution in [0.2, 0.25) is 0 Å². The van der Waals surface area contributed by atoms with Crippen LogP contribution >= 0.6 is 0 Å². The predicted octanol–water partition coefficient (Wildman–Crippen LogP) is 2.51. The Balaban J connectivity index is 2.64. The molecule has 0 spiro atoms. The van der Waals surface area contributed by atoms with Crippen LogP contribution in [0, 0.1) is 11.6 Å². The average molecular weight is 237 g/mol. The predicted molar refractivity (Wildman–Crippen MR) is 62.4 cm³/mol. The van der Waals surface area contributed by atoms with E-state index in [1.165, 1.54) is 0 Å². The maximum absolute atomic E-state index is 13.6. The summed E-state index contributed by atoms with van der Waals surface area (Å²) in [6.07, 6.45) is 0.678. The van der Waals surface area contributed by atoms with Gasteiger partial charge in [0.05, 0.1) is 0 Å². The fourth-order valence-corrected chi connectivity index (χ4v) is 1.75. The van der Waals surface area contributed by atoms with Crippen molar-refractivity contribution in [2.75, 3.05) is 5.73 Å². The van der Waals surface area contributed by atoms with Gasteiger partial charge >= 0.3 is 0 Å². The van der Waals surface area contributed by atoms with Crippen molar-refractivity contribution >= 4 is 5.82 Å². The molecule has 0 aliphatic carbocycles. The van der Waals surface area contributed by atoms with Crippen molar-refractivity contribution in [2.45, 2.75) is 13.3 Å². The summed E-state index contributed by atoms with van der Waals surface area (Å²) in [6, 6.07) is 3.25. The van der Waals surface area contributed by atoms with E-state index in [9.17, 15) is 8.78 Å². The third-order valence-corrected chi connectivity index (χ3v) is 2.73. The highest BCUT2D eigenvalue weighted by atomic mass is 19.1. The number of hydrogen-bond donors (Lipinski definition) is 1. The molecule has 1 aromatic heterocycles. The number of nitrogen functional groups attached to an aromatic ring is 1. The molecule has 0 bridgehead atoms. The molecular formula is C12H13F2N3. The summed E-state index contributed by atoms with van der Waals surface area (Å²) in [4.78, 5) is 4.23. The van der Waals surface area contributed by atoms with Gasteiger partial charge in [0.15, 0.2) is 0 Å². The van der Waals surface area contributed by atoms with E-state index in [1.807, 2.05) is 6.92 Å². The first-order valence-corrected chi connectivity index (χ1v) is 5.31. The van der Waals surface area contributed by atoms with Crippen LogP contribution in [-0.2, 0) is 13.5 Å². The highest BCUT2D eigenvalue weighted by Gasteiger charge is 2.16. The smallest absolute Gasteiger partial charge is 0.132 e. The molecule has 0 amide bonds. The number of halogens is 2. The lowest BCUT2D eigenvalue weighted by molar-refractivity contribution is 0.603. The molecule has 0 unspecified atom stereocenters. The molecule has 5 heteroatoms. The van der Waals surface area contributed by atoms with E-state index in [0.29, 0.717) is 17.9 Å². The van der Waals surface area contributed by atoms with Crippen molar-refractivity contribution < 1.29 is 8.78 Å². The minimum absolute atomic E-state index is 0.0952. The van der Waals surface area contributed by atoms with Crippen LogP contribution in [0.4, 0.5) is 14.6 Å². The molecule has 90 valence electrons. The van der Waals surface area contributed by atoms with E-state index < -0.39 is 11.6 Å². The summed E-state index contributed by atoms with van der Waals surface area (Å²) < 4.78 is 28.4. The van der Waals surface area contributed by atoms with Gasteiger partial charge in [0, 0.05) is 19.0 Å². The molecule has 0 aliphatic rings. The van der Waals surface area contributed by atoms with Gasteiger partial charge in [0.2, 0.25) is 0 Å². The number of anilines is 1. The third-order valence-electron chi connectivity index (χ3n) is 2.73. The van der Waals surface area contributed by atoms with Gasteiger partial charge in [-0.25, -0.2) is 13.8 Å². The molecule has 17 heavy (non-hydrogen) atoms. The molecule has 0 saturated heterocycles. The Hall–Kier alpha value is -1.91. The van der Waals surface area contributed by atoms with E-state index in [1.54, 1.807) is 11.6 Å². The highest BCUT2D eigenvalue weighted by molar-refractivity contribution is 5.71. The fraction of sp³-hybridized carbons (Fsp3) is 0.250. The molecule has 0 aliphatic heterocycles. The van der Waals surface area contributed by atoms with E-state index in [0.717, 1.165) is 24.0 Å². The van der Waals surface area contributed by atoms with Gasteiger partial charge in [-0.15, -0.1) is 0 Å². The van der Waals surface area contributed by atoms with E-state index in [4.69, 9.17) is 5.73 Å². The maximum atomic E-state index is 13.6. The molecule has 3 nitrogen and oxygen atoms in total. The lowest BCUT2D eigenvalue weighted by Gasteiger charge is -2.02. The number of nitrogens with zero attached hydrogens (tertiary/aromatic N) is 2. The van der Waals surface area contributed by atoms with Crippen molar-refractivity contribution in [3.63, 3.8) is 0 Å². The lowest BCUT2D eigenvalue weighted by atomic mass is 10.1. The Morgan fingerprint density at radius 1 is 1.35 bits per heavy atom. The Morgan fingerprint density at radius 3 is 2.65 bits per heavy atom. The number of rotatable bonds is 2. The van der Waals surface area contributed by atoms with Crippen LogP contribution in [-0.4, -0.2) is 9.55 Å². The Morgan fingerprint density at radius 2 is 2.06 bits per heavy atom. The van der Waals surface area contributed by atoms with Gasteiger partial charge in [-0.1, -0.05) is 6.92 Å². The fourth-order valence-electron chi connectivity index (χ4n) is 1.75. The zero-order valence-corrected chi connectivity index (χ0v) is 9.67. The quantitative estimate of drug-likeness (QED) is 0.872. The second-order valence-electron chi connectivity index (χ2n) is 3.80. The van der Waals surface area contributed by atoms with Gasteiger partial charge < -0.3 is 10.3 Å². The van der Waals surface area contributed by atoms with E-state index in [2.05, 4.69) is 4.98 Å². The zero-order valence-electron chi connectivity index (χ0n) is 9.67. The minimum atomic E-state index is -0.529. The third kappa shape index (κ3) is 1.88. The number of aryl methyl sites for hydroxylation is 1. The molecule has 2 N–H and O–H groups in total. The second-order valence-corrected chi connectivity index (χ2v) is 3.80. The van der Waals surface area contributed by atoms with Gasteiger partial charge in [-0.05, 0) is 18.2 Å². The van der Waals surface area contributed by atoms with Gasteiger partial charge in [0.1, 0.15) is 29.0 Å². The molecular weight excluding hydrogens is 224 g/mol. The van der Waals surface area contributed by atoms with Crippen molar-refractivity contribution in [1.29, 1.82) is 0 Å². The summed E-state index contributed by atoms with van der Waals surface area (Å²) in [5, 5.41) is 0. The van der Waals surface area contributed by atoms with Crippen molar-refractivity contribution in [2.24, 2.45) is 7.05 Å². The summed E-state index contributed by atoms with van der Waals surface area (Å²) in [5.41, 5.74) is 6.23. The van der Waals surface area contributed by atoms with Gasteiger partial charge in [-0.2, -0.15) is 0 Å². The van der Waals surface area contributed by atoms with Crippen LogP contribution in [0.5, 0.6) is 0 Å². The molecule has 2 rings (SSSR count). The van der Waals surface area contributed by atoms with Crippen LogP contribution in [0.3, 0.4) is 0 Å². The van der Waals surface area contributed by atoms with Gasteiger partial charge in [0.25, 0.3) is 0 Å². The van der Waals surface area contributed by atoms with Crippen molar-refractivity contribution in [3.8, 4) is 11.3 Å². The number of aromatic nitrogens is 2. The summed E-state index contributed by atoms with van der Waals surface area (Å²) in [5.74, 6) is 0.0378. The average Bonchev–Trinajstić information content (AvgIpc) is 2.59. The van der Waals surface area contributed by atoms with Crippen LogP contribution in [0.25, 0.3) is 11.3 Å². The molecule has 0 atom stereocenters. The van der Waals surface area contributed by atoms with Crippen LogP contribution < -0.4 is 5.73 Å².